The van der Waals surface area contributed by atoms with E-state index in [1.807, 2.05) is 0 Å². The van der Waals surface area contributed by atoms with Gasteiger partial charge in [-0.05, 0) is 18.2 Å². The molecule has 1 saturated heterocycles. The lowest BCUT2D eigenvalue weighted by atomic mass is 10.1. The monoisotopic (exact) mass is 348 g/mol. The number of ketones is 1. The van der Waals surface area contributed by atoms with Crippen LogP contribution >= 0.6 is 12.4 Å². The van der Waals surface area contributed by atoms with Gasteiger partial charge >= 0.3 is 0 Å². The first-order chi connectivity index (χ1) is 10.5. The summed E-state index contributed by atoms with van der Waals surface area (Å²) in [5, 5.41) is 0. The highest BCUT2D eigenvalue weighted by atomic mass is 35.5. The molecular weight excluding hydrogens is 330 g/mol. The smallest absolute Gasteiger partial charge is 0.223 e. The van der Waals surface area contributed by atoms with Gasteiger partial charge in [0.05, 0.1) is 12.7 Å². The molecule has 0 aromatic heterocycles. The number of carbonyl (C=O) groups is 2. The number of nitrogens with two attached hydrogens (primary N) is 1. The van der Waals surface area contributed by atoms with E-state index in [-0.39, 0.29) is 42.8 Å². The Morgan fingerprint density at radius 3 is 2.65 bits per heavy atom. The molecule has 1 heterocycles. The van der Waals surface area contributed by atoms with Crippen LogP contribution in [0, 0.1) is 11.6 Å². The van der Waals surface area contributed by atoms with Crippen LogP contribution < -0.4 is 5.73 Å². The molecule has 1 aliphatic heterocycles. The maximum absolute atomic E-state index is 13.1. The van der Waals surface area contributed by atoms with Crippen LogP contribution in [-0.2, 0) is 9.53 Å². The molecule has 5 nitrogen and oxygen atoms in total. The number of morpholine rings is 1. The van der Waals surface area contributed by atoms with Gasteiger partial charge in [0.15, 0.2) is 17.4 Å². The highest BCUT2D eigenvalue weighted by Crippen LogP contribution is 2.13. The summed E-state index contributed by atoms with van der Waals surface area (Å²) < 4.78 is 31.3. The number of benzene rings is 1. The van der Waals surface area contributed by atoms with Crippen molar-refractivity contribution >= 4 is 24.1 Å². The molecule has 1 aromatic rings. The van der Waals surface area contributed by atoms with Gasteiger partial charge in [-0.25, -0.2) is 8.78 Å². The van der Waals surface area contributed by atoms with Crippen molar-refractivity contribution in [2.45, 2.75) is 18.9 Å². The van der Waals surface area contributed by atoms with Gasteiger partial charge in [-0.1, -0.05) is 0 Å². The third-order valence-electron chi connectivity index (χ3n) is 3.56. The Labute approximate surface area is 139 Å². The van der Waals surface area contributed by atoms with E-state index < -0.39 is 17.4 Å². The Bertz CT molecular complexity index is 572. The summed E-state index contributed by atoms with van der Waals surface area (Å²) in [7, 11) is 0. The fourth-order valence-electron chi connectivity index (χ4n) is 2.28. The number of ether oxygens (including phenoxy) is 1. The van der Waals surface area contributed by atoms with Crippen LogP contribution in [0.3, 0.4) is 0 Å². The summed E-state index contributed by atoms with van der Waals surface area (Å²) in [4.78, 5) is 25.6. The van der Waals surface area contributed by atoms with Gasteiger partial charge in [-0.3, -0.25) is 9.59 Å². The molecule has 128 valence electrons. The van der Waals surface area contributed by atoms with Gasteiger partial charge in [-0.2, -0.15) is 0 Å². The molecule has 8 heteroatoms. The van der Waals surface area contributed by atoms with Crippen LogP contribution in [0.2, 0.25) is 0 Å². The van der Waals surface area contributed by atoms with Gasteiger partial charge < -0.3 is 15.4 Å². The Morgan fingerprint density at radius 2 is 2.00 bits per heavy atom. The van der Waals surface area contributed by atoms with E-state index >= 15 is 0 Å². The third-order valence-corrected chi connectivity index (χ3v) is 3.56. The first kappa shape index (κ1) is 19.5. The number of carbonyl (C=O) groups excluding carboxylic acids is 2. The van der Waals surface area contributed by atoms with Crippen molar-refractivity contribution in [3.8, 4) is 0 Å². The standard InChI is InChI=1S/C15H18F2N2O3.ClH/c16-12-2-1-10(7-13(12)17)14(20)3-4-15(21)19-5-6-22-11(8-18)9-19;/h1-2,7,11H,3-6,8-9,18H2;1H. The van der Waals surface area contributed by atoms with Crippen LogP contribution in [0.1, 0.15) is 23.2 Å². The second-order valence-electron chi connectivity index (χ2n) is 5.12. The van der Waals surface area contributed by atoms with Crippen LogP contribution in [0.25, 0.3) is 0 Å². The summed E-state index contributed by atoms with van der Waals surface area (Å²) in [6, 6.07) is 2.96. The van der Waals surface area contributed by atoms with Crippen molar-refractivity contribution in [1.29, 1.82) is 0 Å². The van der Waals surface area contributed by atoms with Crippen molar-refractivity contribution in [2.24, 2.45) is 5.73 Å². The zero-order valence-electron chi connectivity index (χ0n) is 12.5. The fraction of sp³-hybridized carbons (Fsp3) is 0.467. The lowest BCUT2D eigenvalue weighted by molar-refractivity contribution is -0.138. The van der Waals surface area contributed by atoms with E-state index in [0.29, 0.717) is 26.2 Å². The van der Waals surface area contributed by atoms with E-state index in [4.69, 9.17) is 10.5 Å². The SMILES string of the molecule is Cl.NCC1CN(C(=O)CCC(=O)c2ccc(F)c(F)c2)CCO1. The average Bonchev–Trinajstić information content (AvgIpc) is 2.54. The Balaban J connectivity index is 0.00000264. The first-order valence-electron chi connectivity index (χ1n) is 7.09. The number of Topliss-reactive ketones (excluding diaryl/α,β-unsaturated/α-hetero) is 1. The van der Waals surface area contributed by atoms with E-state index in [2.05, 4.69) is 0 Å². The number of nitrogens with zero attached hydrogens (tertiary/aromatic N) is 1. The van der Waals surface area contributed by atoms with Crippen LogP contribution in [-0.4, -0.2) is 48.9 Å². The molecule has 2 rings (SSSR count). The molecule has 1 unspecified atom stereocenters. The highest BCUT2D eigenvalue weighted by molar-refractivity contribution is 5.97. The van der Waals surface area contributed by atoms with Crippen LogP contribution in [0.15, 0.2) is 18.2 Å². The lowest BCUT2D eigenvalue weighted by Gasteiger charge is -2.32. The predicted octanol–water partition coefficient (Wildman–Crippen LogP) is 1.54. The number of halogens is 3. The van der Waals surface area contributed by atoms with Crippen LogP contribution in [0.5, 0.6) is 0 Å². The molecule has 1 aromatic carbocycles. The average molecular weight is 349 g/mol. The molecule has 23 heavy (non-hydrogen) atoms. The molecule has 1 amide bonds. The lowest BCUT2D eigenvalue weighted by Crippen LogP contribution is -2.48. The second-order valence-corrected chi connectivity index (χ2v) is 5.12. The van der Waals surface area contributed by atoms with E-state index in [9.17, 15) is 18.4 Å². The van der Waals surface area contributed by atoms with E-state index in [1.54, 1.807) is 4.90 Å². The zero-order chi connectivity index (χ0) is 16.1. The quantitative estimate of drug-likeness (QED) is 0.819. The van der Waals surface area contributed by atoms with Crippen LogP contribution in [0.4, 0.5) is 8.78 Å². The number of hydrogen-bond acceptors (Lipinski definition) is 4. The van der Waals surface area contributed by atoms with Gasteiger partial charge in [0.1, 0.15) is 0 Å². The normalized spacial score (nSPS) is 17.5. The first-order valence-corrected chi connectivity index (χ1v) is 7.09. The minimum atomic E-state index is -1.07. The van der Waals surface area contributed by atoms with Crippen molar-refractivity contribution in [2.75, 3.05) is 26.2 Å². The van der Waals surface area contributed by atoms with Crippen molar-refractivity contribution < 1.29 is 23.1 Å². The molecule has 0 bridgehead atoms. The Morgan fingerprint density at radius 1 is 1.26 bits per heavy atom. The molecule has 0 aliphatic carbocycles. The van der Waals surface area contributed by atoms with Crippen molar-refractivity contribution in [3.05, 3.63) is 35.4 Å². The summed E-state index contributed by atoms with van der Waals surface area (Å²) in [6.07, 6.45) is -0.205. The zero-order valence-corrected chi connectivity index (χ0v) is 13.3. The predicted molar refractivity (Wildman–Crippen MR) is 82.5 cm³/mol. The highest BCUT2D eigenvalue weighted by Gasteiger charge is 2.23. The fourth-order valence-corrected chi connectivity index (χ4v) is 2.28. The summed E-state index contributed by atoms with van der Waals surface area (Å²) in [5.41, 5.74) is 5.57. The molecule has 2 N–H and O–H groups in total. The molecule has 0 saturated carbocycles. The summed E-state index contributed by atoms with van der Waals surface area (Å²) >= 11 is 0. The molecule has 1 aliphatic rings. The van der Waals surface area contributed by atoms with Crippen molar-refractivity contribution in [3.63, 3.8) is 0 Å². The van der Waals surface area contributed by atoms with E-state index in [1.165, 1.54) is 6.07 Å². The number of hydrogen-bond donors (Lipinski definition) is 1. The molecular formula is C15H19ClF2N2O3. The maximum Gasteiger partial charge on any atom is 0.223 e. The summed E-state index contributed by atoms with van der Waals surface area (Å²) in [5.74, 6) is -2.64. The second kappa shape index (κ2) is 8.90. The van der Waals surface area contributed by atoms with Gasteiger partial charge in [0, 0.05) is 38.0 Å². The van der Waals surface area contributed by atoms with Gasteiger partial charge in [0.2, 0.25) is 5.91 Å². The Kier molecular flexibility index (Phi) is 7.54. The molecule has 0 radical (unpaired) electrons. The molecule has 1 fully saturated rings. The topological polar surface area (TPSA) is 72.6 Å². The Hall–Kier alpha value is -1.57. The number of rotatable bonds is 5. The summed E-state index contributed by atoms with van der Waals surface area (Å²) in [6.45, 7) is 1.63. The largest absolute Gasteiger partial charge is 0.373 e. The van der Waals surface area contributed by atoms with Crippen molar-refractivity contribution in [1.82, 2.24) is 4.90 Å². The van der Waals surface area contributed by atoms with E-state index in [0.717, 1.165) is 12.1 Å². The maximum atomic E-state index is 13.1. The molecule has 1 atom stereocenters. The minimum absolute atomic E-state index is 0. The van der Waals surface area contributed by atoms with Gasteiger partial charge in [0.25, 0.3) is 0 Å². The van der Waals surface area contributed by atoms with Gasteiger partial charge in [-0.15, -0.1) is 12.4 Å². The molecule has 0 spiro atoms. The third kappa shape index (κ3) is 5.23. The minimum Gasteiger partial charge on any atom is -0.373 e. The number of amides is 1.